The van der Waals surface area contributed by atoms with E-state index >= 15 is 0 Å². The van der Waals surface area contributed by atoms with Crippen molar-refractivity contribution in [2.45, 2.75) is 49.7 Å². The molecule has 0 bridgehead atoms. The van der Waals surface area contributed by atoms with E-state index in [-0.39, 0.29) is 18.0 Å². The standard InChI is InChI=1S/C22H22Cl2N2O3/c23-12-9-10-15(16(24)11-12)20-19(22(28)29)13-5-1-2-6-14(13)21(27)26(20)18-8-4-3-7-17(18)25/h1-2,5-6,9-11,17-20H,3-4,7-8,25H2,(H,28,29)/t17-,18-,19+,20-/m0/s1. The Balaban J connectivity index is 1.94. The molecular formula is C22H22Cl2N2O3. The maximum atomic E-state index is 13.6. The highest BCUT2D eigenvalue weighted by Crippen LogP contribution is 2.47. The number of carboxylic acids is 1. The van der Waals surface area contributed by atoms with E-state index in [9.17, 15) is 14.7 Å². The molecule has 1 saturated carbocycles. The van der Waals surface area contributed by atoms with Crippen LogP contribution < -0.4 is 5.73 Å². The van der Waals surface area contributed by atoms with Crippen molar-refractivity contribution in [1.82, 2.24) is 4.90 Å². The van der Waals surface area contributed by atoms with Crippen molar-refractivity contribution in [3.8, 4) is 0 Å². The summed E-state index contributed by atoms with van der Waals surface area (Å²) in [6, 6.07) is 10.7. The van der Waals surface area contributed by atoms with E-state index in [0.29, 0.717) is 26.7 Å². The van der Waals surface area contributed by atoms with Crippen LogP contribution in [0.5, 0.6) is 0 Å². The molecule has 1 heterocycles. The number of aliphatic carboxylic acids is 1. The molecular weight excluding hydrogens is 411 g/mol. The van der Waals surface area contributed by atoms with Gasteiger partial charge < -0.3 is 15.7 Å². The van der Waals surface area contributed by atoms with Gasteiger partial charge >= 0.3 is 5.97 Å². The monoisotopic (exact) mass is 432 g/mol. The number of rotatable bonds is 3. The number of carbonyl (C=O) groups excluding carboxylic acids is 1. The molecule has 2 aliphatic rings. The van der Waals surface area contributed by atoms with Crippen LogP contribution in [0, 0.1) is 0 Å². The lowest BCUT2D eigenvalue weighted by molar-refractivity contribution is -0.141. The minimum atomic E-state index is -1.00. The molecule has 0 aromatic heterocycles. The number of benzene rings is 2. The molecule has 0 unspecified atom stereocenters. The molecule has 0 radical (unpaired) electrons. The fraction of sp³-hybridized carbons (Fsp3) is 0.364. The van der Waals surface area contributed by atoms with E-state index in [1.54, 1.807) is 47.4 Å². The van der Waals surface area contributed by atoms with E-state index in [2.05, 4.69) is 0 Å². The highest BCUT2D eigenvalue weighted by Gasteiger charge is 2.48. The van der Waals surface area contributed by atoms with Crippen molar-refractivity contribution < 1.29 is 14.7 Å². The summed E-state index contributed by atoms with van der Waals surface area (Å²) in [7, 11) is 0. The summed E-state index contributed by atoms with van der Waals surface area (Å²) < 4.78 is 0. The first-order valence-corrected chi connectivity index (χ1v) is 10.5. The molecule has 2 aromatic carbocycles. The first-order valence-electron chi connectivity index (χ1n) is 9.75. The van der Waals surface area contributed by atoms with Crippen molar-refractivity contribution in [3.05, 3.63) is 69.2 Å². The molecule has 0 spiro atoms. The third kappa shape index (κ3) is 3.52. The van der Waals surface area contributed by atoms with Crippen molar-refractivity contribution in [2.24, 2.45) is 5.73 Å². The number of nitrogens with zero attached hydrogens (tertiary/aromatic N) is 1. The molecule has 7 heteroatoms. The van der Waals surface area contributed by atoms with Crippen LogP contribution in [0.1, 0.15) is 59.1 Å². The summed E-state index contributed by atoms with van der Waals surface area (Å²) in [5, 5.41) is 11.0. The number of fused-ring (bicyclic) bond motifs is 1. The molecule has 1 aliphatic heterocycles. The third-order valence-electron chi connectivity index (χ3n) is 6.06. The number of halogens is 2. The Bertz CT molecular complexity index is 965. The third-order valence-corrected chi connectivity index (χ3v) is 6.62. The molecule has 4 rings (SSSR count). The van der Waals surface area contributed by atoms with Crippen molar-refractivity contribution in [3.63, 3.8) is 0 Å². The molecule has 152 valence electrons. The molecule has 0 saturated heterocycles. The topological polar surface area (TPSA) is 83.6 Å². The van der Waals surface area contributed by atoms with Crippen molar-refractivity contribution >= 4 is 35.1 Å². The zero-order chi connectivity index (χ0) is 20.7. The second kappa shape index (κ2) is 7.98. The molecule has 29 heavy (non-hydrogen) atoms. The van der Waals surface area contributed by atoms with Crippen LogP contribution in [0.15, 0.2) is 42.5 Å². The van der Waals surface area contributed by atoms with Gasteiger partial charge in [-0.15, -0.1) is 0 Å². The quantitative estimate of drug-likeness (QED) is 0.740. The number of amides is 1. The van der Waals surface area contributed by atoms with Gasteiger partial charge in [-0.3, -0.25) is 9.59 Å². The van der Waals surface area contributed by atoms with Gasteiger partial charge in [0.05, 0.1) is 6.04 Å². The Labute approximate surface area is 179 Å². The largest absolute Gasteiger partial charge is 0.481 e. The van der Waals surface area contributed by atoms with Crippen LogP contribution >= 0.6 is 23.2 Å². The Morgan fingerprint density at radius 1 is 1.07 bits per heavy atom. The average Bonchev–Trinajstić information content (AvgIpc) is 2.69. The second-order valence-electron chi connectivity index (χ2n) is 7.74. The molecule has 2 aromatic rings. The van der Waals surface area contributed by atoms with Gasteiger partial charge in [-0.2, -0.15) is 0 Å². The first kappa shape index (κ1) is 20.2. The SMILES string of the molecule is N[C@H]1CCCC[C@@H]1N1C(=O)c2ccccc2[C@@H](C(=O)O)[C@@H]1c1ccc(Cl)cc1Cl. The van der Waals surface area contributed by atoms with Crippen LogP contribution in [-0.2, 0) is 4.79 Å². The van der Waals surface area contributed by atoms with E-state index in [4.69, 9.17) is 28.9 Å². The number of hydrogen-bond acceptors (Lipinski definition) is 3. The Morgan fingerprint density at radius 2 is 1.79 bits per heavy atom. The lowest BCUT2D eigenvalue weighted by Gasteiger charge is -2.48. The van der Waals surface area contributed by atoms with Gasteiger partial charge in [-0.1, -0.05) is 60.3 Å². The van der Waals surface area contributed by atoms with Crippen molar-refractivity contribution in [2.75, 3.05) is 0 Å². The van der Waals surface area contributed by atoms with Crippen LogP contribution in [0.25, 0.3) is 0 Å². The maximum Gasteiger partial charge on any atom is 0.313 e. The van der Waals surface area contributed by atoms with Gasteiger partial charge in [-0.25, -0.2) is 0 Å². The summed E-state index contributed by atoms with van der Waals surface area (Å²) in [6.45, 7) is 0. The average molecular weight is 433 g/mol. The number of carbonyl (C=O) groups is 2. The Hall–Kier alpha value is -2.08. The van der Waals surface area contributed by atoms with E-state index in [0.717, 1.165) is 25.7 Å². The van der Waals surface area contributed by atoms with Crippen LogP contribution in [-0.4, -0.2) is 34.0 Å². The fourth-order valence-electron chi connectivity index (χ4n) is 4.74. The highest BCUT2D eigenvalue weighted by molar-refractivity contribution is 6.35. The summed E-state index contributed by atoms with van der Waals surface area (Å²) in [5.74, 6) is -2.15. The van der Waals surface area contributed by atoms with Crippen LogP contribution in [0.4, 0.5) is 0 Å². The van der Waals surface area contributed by atoms with Gasteiger partial charge in [0.15, 0.2) is 0 Å². The number of nitrogens with two attached hydrogens (primary N) is 1. The van der Waals surface area contributed by atoms with E-state index in [1.807, 2.05) is 0 Å². The highest BCUT2D eigenvalue weighted by atomic mass is 35.5. The number of carboxylic acid groups (broad SMARTS) is 1. The second-order valence-corrected chi connectivity index (χ2v) is 8.59. The first-order chi connectivity index (χ1) is 13.9. The maximum absolute atomic E-state index is 13.6. The summed E-state index contributed by atoms with van der Waals surface area (Å²) in [6.07, 6.45) is 3.49. The van der Waals surface area contributed by atoms with Crippen molar-refractivity contribution in [1.29, 1.82) is 0 Å². The smallest absolute Gasteiger partial charge is 0.313 e. The van der Waals surface area contributed by atoms with E-state index < -0.39 is 17.9 Å². The minimum Gasteiger partial charge on any atom is -0.481 e. The predicted molar refractivity (Wildman–Crippen MR) is 112 cm³/mol. The Morgan fingerprint density at radius 3 is 2.48 bits per heavy atom. The van der Waals surface area contributed by atoms with Gasteiger partial charge in [0.2, 0.25) is 0 Å². The Kier molecular flexibility index (Phi) is 5.56. The summed E-state index contributed by atoms with van der Waals surface area (Å²) in [4.78, 5) is 27.7. The van der Waals surface area contributed by atoms with Gasteiger partial charge in [-0.05, 0) is 42.2 Å². The van der Waals surface area contributed by atoms with Gasteiger partial charge in [0.25, 0.3) is 5.91 Å². The molecule has 1 aliphatic carbocycles. The molecule has 3 N–H and O–H groups in total. The zero-order valence-corrected chi connectivity index (χ0v) is 17.2. The lowest BCUT2D eigenvalue weighted by atomic mass is 9.77. The fourth-order valence-corrected chi connectivity index (χ4v) is 5.26. The number of hydrogen-bond donors (Lipinski definition) is 2. The van der Waals surface area contributed by atoms with Crippen LogP contribution in [0.2, 0.25) is 10.0 Å². The zero-order valence-electron chi connectivity index (χ0n) is 15.7. The van der Waals surface area contributed by atoms with Gasteiger partial charge in [0.1, 0.15) is 5.92 Å². The van der Waals surface area contributed by atoms with E-state index in [1.165, 1.54) is 0 Å². The normalized spacial score (nSPS) is 26.9. The molecule has 1 fully saturated rings. The minimum absolute atomic E-state index is 0.198. The predicted octanol–water partition coefficient (Wildman–Crippen LogP) is 4.63. The molecule has 4 atom stereocenters. The summed E-state index contributed by atoms with van der Waals surface area (Å²) >= 11 is 12.6. The lowest BCUT2D eigenvalue weighted by Crippen LogP contribution is -2.56. The summed E-state index contributed by atoms with van der Waals surface area (Å²) in [5.41, 5.74) is 7.91. The van der Waals surface area contributed by atoms with Gasteiger partial charge in [0, 0.05) is 27.7 Å². The van der Waals surface area contributed by atoms with Crippen LogP contribution in [0.3, 0.4) is 0 Å². The molecule has 1 amide bonds. The molecule has 5 nitrogen and oxygen atoms in total.